The molecule has 4 nitrogen and oxygen atoms in total. The lowest BCUT2D eigenvalue weighted by Crippen LogP contribution is -2.42. The Labute approximate surface area is 127 Å². The Hall–Kier alpha value is -1.36. The molecule has 1 saturated heterocycles. The van der Waals surface area contributed by atoms with Gasteiger partial charge in [0.15, 0.2) is 0 Å². The van der Waals surface area contributed by atoms with E-state index in [4.69, 9.17) is 0 Å². The number of likely N-dealkylation sites (tertiary alicyclic amines) is 1. The van der Waals surface area contributed by atoms with E-state index < -0.39 is 0 Å². The SMILES string of the molecule is Cc1cc(Br)ccc1CNC(=O)CN1CCCCC1=O. The van der Waals surface area contributed by atoms with Gasteiger partial charge in [-0.1, -0.05) is 22.0 Å². The molecular weight excluding hydrogens is 320 g/mol. The van der Waals surface area contributed by atoms with Crippen LogP contribution in [0.4, 0.5) is 0 Å². The molecule has 1 heterocycles. The predicted molar refractivity (Wildman–Crippen MR) is 81.2 cm³/mol. The molecule has 0 atom stereocenters. The first-order valence-electron chi connectivity index (χ1n) is 6.86. The van der Waals surface area contributed by atoms with Crippen molar-refractivity contribution in [2.24, 2.45) is 0 Å². The van der Waals surface area contributed by atoms with Crippen molar-refractivity contribution in [1.29, 1.82) is 0 Å². The molecule has 0 spiro atoms. The Morgan fingerprint density at radius 1 is 1.40 bits per heavy atom. The number of benzene rings is 1. The molecule has 20 heavy (non-hydrogen) atoms. The molecule has 0 aliphatic carbocycles. The van der Waals surface area contributed by atoms with Gasteiger partial charge in [0, 0.05) is 24.0 Å². The molecule has 108 valence electrons. The molecule has 1 aliphatic rings. The molecule has 1 aromatic rings. The highest BCUT2D eigenvalue weighted by Crippen LogP contribution is 2.15. The molecule has 0 radical (unpaired) electrons. The summed E-state index contributed by atoms with van der Waals surface area (Å²) in [5, 5.41) is 2.88. The number of amides is 2. The highest BCUT2D eigenvalue weighted by molar-refractivity contribution is 9.10. The highest BCUT2D eigenvalue weighted by Gasteiger charge is 2.20. The third-order valence-corrected chi connectivity index (χ3v) is 4.03. The first-order chi connectivity index (χ1) is 9.56. The van der Waals surface area contributed by atoms with Crippen LogP contribution in [0.3, 0.4) is 0 Å². The number of piperidine rings is 1. The van der Waals surface area contributed by atoms with Crippen molar-refractivity contribution < 1.29 is 9.59 Å². The molecule has 2 amide bonds. The van der Waals surface area contributed by atoms with E-state index in [1.807, 2.05) is 25.1 Å². The Morgan fingerprint density at radius 3 is 2.90 bits per heavy atom. The minimum atomic E-state index is -0.0948. The van der Waals surface area contributed by atoms with E-state index in [0.717, 1.165) is 28.4 Å². The van der Waals surface area contributed by atoms with E-state index in [9.17, 15) is 9.59 Å². The van der Waals surface area contributed by atoms with Crippen LogP contribution < -0.4 is 5.32 Å². The number of carbonyl (C=O) groups is 2. The molecule has 0 bridgehead atoms. The van der Waals surface area contributed by atoms with E-state index in [1.54, 1.807) is 4.90 Å². The molecule has 1 aliphatic heterocycles. The van der Waals surface area contributed by atoms with E-state index in [0.29, 0.717) is 19.5 Å². The Bertz CT molecular complexity index is 517. The van der Waals surface area contributed by atoms with Crippen LogP contribution in [0.2, 0.25) is 0 Å². The standard InChI is InChI=1S/C15H19BrN2O2/c1-11-8-13(16)6-5-12(11)9-17-14(19)10-18-7-3-2-4-15(18)20/h5-6,8H,2-4,7,9-10H2,1H3,(H,17,19). The minimum Gasteiger partial charge on any atom is -0.350 e. The normalized spacial score (nSPS) is 15.3. The van der Waals surface area contributed by atoms with Crippen LogP contribution in [0.25, 0.3) is 0 Å². The summed E-state index contributed by atoms with van der Waals surface area (Å²) in [4.78, 5) is 25.2. The van der Waals surface area contributed by atoms with Crippen molar-refractivity contribution in [3.8, 4) is 0 Å². The monoisotopic (exact) mass is 338 g/mol. The van der Waals surface area contributed by atoms with Gasteiger partial charge in [0.05, 0.1) is 6.54 Å². The summed E-state index contributed by atoms with van der Waals surface area (Å²) >= 11 is 3.42. The summed E-state index contributed by atoms with van der Waals surface area (Å²) in [7, 11) is 0. The van der Waals surface area contributed by atoms with Gasteiger partial charge in [-0.2, -0.15) is 0 Å². The summed E-state index contributed by atoms with van der Waals surface area (Å²) in [6.45, 7) is 3.39. The number of nitrogens with zero attached hydrogens (tertiary/aromatic N) is 1. The zero-order chi connectivity index (χ0) is 14.5. The first kappa shape index (κ1) is 15.0. The van der Waals surface area contributed by atoms with E-state index >= 15 is 0 Å². The van der Waals surface area contributed by atoms with Crippen LogP contribution in [0.15, 0.2) is 22.7 Å². The van der Waals surface area contributed by atoms with Crippen molar-refractivity contribution in [1.82, 2.24) is 10.2 Å². The molecule has 2 rings (SSSR count). The van der Waals surface area contributed by atoms with Crippen molar-refractivity contribution in [2.75, 3.05) is 13.1 Å². The second-order valence-corrected chi connectivity index (χ2v) is 6.04. The van der Waals surface area contributed by atoms with Crippen LogP contribution in [0.1, 0.15) is 30.4 Å². The zero-order valence-corrected chi connectivity index (χ0v) is 13.2. The Morgan fingerprint density at radius 2 is 2.20 bits per heavy atom. The maximum atomic E-state index is 11.9. The summed E-state index contributed by atoms with van der Waals surface area (Å²) in [5.74, 6) is -0.00575. The lowest BCUT2D eigenvalue weighted by molar-refractivity contribution is -0.137. The van der Waals surface area contributed by atoms with Gasteiger partial charge >= 0.3 is 0 Å². The molecule has 0 aromatic heterocycles. The van der Waals surface area contributed by atoms with Crippen LogP contribution in [0, 0.1) is 6.92 Å². The quantitative estimate of drug-likeness (QED) is 0.916. The van der Waals surface area contributed by atoms with Crippen molar-refractivity contribution in [3.63, 3.8) is 0 Å². The van der Waals surface area contributed by atoms with Gasteiger partial charge in [-0.05, 0) is 43.0 Å². The summed E-state index contributed by atoms with van der Waals surface area (Å²) in [6.07, 6.45) is 2.50. The van der Waals surface area contributed by atoms with Gasteiger partial charge in [0.2, 0.25) is 11.8 Å². The first-order valence-corrected chi connectivity index (χ1v) is 7.65. The maximum Gasteiger partial charge on any atom is 0.239 e. The average Bonchev–Trinajstić information content (AvgIpc) is 2.40. The number of rotatable bonds is 4. The fourth-order valence-electron chi connectivity index (χ4n) is 2.31. The van der Waals surface area contributed by atoms with Crippen molar-refractivity contribution in [3.05, 3.63) is 33.8 Å². The van der Waals surface area contributed by atoms with Crippen molar-refractivity contribution >= 4 is 27.7 Å². The number of nitrogens with one attached hydrogen (secondary N) is 1. The van der Waals surface area contributed by atoms with Gasteiger partial charge in [0.25, 0.3) is 0 Å². The molecule has 1 fully saturated rings. The fourth-order valence-corrected chi connectivity index (χ4v) is 2.79. The lowest BCUT2D eigenvalue weighted by atomic mass is 10.1. The zero-order valence-electron chi connectivity index (χ0n) is 11.6. The summed E-state index contributed by atoms with van der Waals surface area (Å²) < 4.78 is 1.03. The van der Waals surface area contributed by atoms with Crippen LogP contribution in [-0.2, 0) is 16.1 Å². The second-order valence-electron chi connectivity index (χ2n) is 5.12. The lowest BCUT2D eigenvalue weighted by Gasteiger charge is -2.26. The number of hydrogen-bond donors (Lipinski definition) is 1. The smallest absolute Gasteiger partial charge is 0.239 e. The second kappa shape index (κ2) is 6.88. The summed E-state index contributed by atoms with van der Waals surface area (Å²) in [5.41, 5.74) is 2.22. The van der Waals surface area contributed by atoms with Gasteiger partial charge in [-0.3, -0.25) is 9.59 Å². The molecule has 5 heteroatoms. The molecule has 0 unspecified atom stereocenters. The molecule has 1 aromatic carbocycles. The summed E-state index contributed by atoms with van der Waals surface area (Å²) in [6, 6.07) is 5.98. The van der Waals surface area contributed by atoms with Gasteiger partial charge in [0.1, 0.15) is 0 Å². The Balaban J connectivity index is 1.84. The van der Waals surface area contributed by atoms with Gasteiger partial charge in [-0.15, -0.1) is 0 Å². The van der Waals surface area contributed by atoms with E-state index in [2.05, 4.69) is 21.2 Å². The maximum absolute atomic E-state index is 11.9. The van der Waals surface area contributed by atoms with Gasteiger partial charge < -0.3 is 10.2 Å². The molecular formula is C15H19BrN2O2. The van der Waals surface area contributed by atoms with Crippen LogP contribution in [0.5, 0.6) is 0 Å². The third-order valence-electron chi connectivity index (χ3n) is 3.54. The number of halogens is 1. The van der Waals surface area contributed by atoms with Gasteiger partial charge in [-0.25, -0.2) is 0 Å². The Kier molecular flexibility index (Phi) is 5.17. The largest absolute Gasteiger partial charge is 0.350 e. The third kappa shape index (κ3) is 4.07. The number of carbonyl (C=O) groups excluding carboxylic acids is 2. The fraction of sp³-hybridized carbons (Fsp3) is 0.467. The predicted octanol–water partition coefficient (Wildman–Crippen LogP) is 2.39. The average molecular weight is 339 g/mol. The minimum absolute atomic E-state index is 0.0891. The highest BCUT2D eigenvalue weighted by atomic mass is 79.9. The van der Waals surface area contributed by atoms with E-state index in [1.165, 1.54) is 0 Å². The van der Waals surface area contributed by atoms with Crippen LogP contribution >= 0.6 is 15.9 Å². The van der Waals surface area contributed by atoms with Crippen molar-refractivity contribution in [2.45, 2.75) is 32.7 Å². The number of hydrogen-bond acceptors (Lipinski definition) is 2. The van der Waals surface area contributed by atoms with E-state index in [-0.39, 0.29) is 18.4 Å². The molecule has 1 N–H and O–H groups in total. The molecule has 0 saturated carbocycles. The number of aryl methyl sites for hydroxylation is 1. The topological polar surface area (TPSA) is 49.4 Å². The van der Waals surface area contributed by atoms with Crippen LogP contribution in [-0.4, -0.2) is 29.8 Å².